The van der Waals surface area contributed by atoms with Gasteiger partial charge in [0.25, 0.3) is 0 Å². The number of primary amides is 1. The number of nitrogens with zero attached hydrogens (tertiary/aromatic N) is 1. The van der Waals surface area contributed by atoms with Crippen LogP contribution in [0.25, 0.3) is 0 Å². The van der Waals surface area contributed by atoms with Gasteiger partial charge in [-0.15, -0.1) is 0 Å². The number of nitrogens with two attached hydrogens (primary N) is 1. The molecule has 0 spiro atoms. The Bertz CT molecular complexity index is 326. The molecule has 2 N–H and O–H groups in total. The molecule has 2 aliphatic heterocycles. The summed E-state index contributed by atoms with van der Waals surface area (Å²) in [6.45, 7) is 4.29. The second-order valence-corrected chi connectivity index (χ2v) is 5.52. The zero-order valence-corrected chi connectivity index (χ0v) is 10.9. The summed E-state index contributed by atoms with van der Waals surface area (Å²) in [6.07, 6.45) is 4.04. The van der Waals surface area contributed by atoms with Crippen LogP contribution in [0.2, 0.25) is 0 Å². The third-order valence-corrected chi connectivity index (χ3v) is 4.15. The van der Waals surface area contributed by atoms with E-state index in [1.807, 2.05) is 0 Å². The molecule has 0 unspecified atom stereocenters. The van der Waals surface area contributed by atoms with Gasteiger partial charge in [0.1, 0.15) is 0 Å². The van der Waals surface area contributed by atoms with E-state index >= 15 is 0 Å². The van der Waals surface area contributed by atoms with Crippen LogP contribution in [0.1, 0.15) is 32.6 Å². The fraction of sp³-hybridized carbons (Fsp3) is 0.846. The fourth-order valence-corrected chi connectivity index (χ4v) is 3.14. The van der Waals surface area contributed by atoms with Crippen LogP contribution in [-0.2, 0) is 14.3 Å². The maximum atomic E-state index is 11.9. The number of likely N-dealkylation sites (tertiary alicyclic amines) is 1. The minimum absolute atomic E-state index is 0.171. The highest BCUT2D eigenvalue weighted by Gasteiger charge is 2.37. The SMILES string of the molecule is C[C@H]1CC[C@H](C2CCOCC2)N(C(=O)C(N)=O)C1. The van der Waals surface area contributed by atoms with Gasteiger partial charge in [0.05, 0.1) is 0 Å². The van der Waals surface area contributed by atoms with E-state index in [4.69, 9.17) is 10.5 Å². The van der Waals surface area contributed by atoms with Gasteiger partial charge in [-0.25, -0.2) is 0 Å². The van der Waals surface area contributed by atoms with Crippen LogP contribution in [0.3, 0.4) is 0 Å². The quantitative estimate of drug-likeness (QED) is 0.694. The summed E-state index contributed by atoms with van der Waals surface area (Å²) >= 11 is 0. The topological polar surface area (TPSA) is 72.6 Å². The van der Waals surface area contributed by atoms with Crippen LogP contribution < -0.4 is 5.73 Å². The highest BCUT2D eigenvalue weighted by atomic mass is 16.5. The number of ether oxygens (including phenoxy) is 1. The standard InChI is InChI=1S/C13H22N2O3/c1-9-2-3-11(10-4-6-18-7-5-10)15(8-9)13(17)12(14)16/h9-11H,2-8H2,1H3,(H2,14,16)/t9-,11+/m0/s1. The predicted octanol–water partition coefficient (Wildman–Crippen LogP) is 0.525. The van der Waals surface area contributed by atoms with E-state index in [2.05, 4.69) is 6.92 Å². The van der Waals surface area contributed by atoms with Crippen molar-refractivity contribution in [3.63, 3.8) is 0 Å². The van der Waals surface area contributed by atoms with E-state index in [0.717, 1.165) is 38.9 Å². The molecular weight excluding hydrogens is 232 g/mol. The second kappa shape index (κ2) is 5.69. The lowest BCUT2D eigenvalue weighted by atomic mass is 9.82. The summed E-state index contributed by atoms with van der Waals surface area (Å²) < 4.78 is 5.36. The van der Waals surface area contributed by atoms with Crippen molar-refractivity contribution < 1.29 is 14.3 Å². The molecule has 2 atom stereocenters. The molecule has 0 radical (unpaired) electrons. The Labute approximate surface area is 108 Å². The number of piperidine rings is 1. The molecule has 2 fully saturated rings. The van der Waals surface area contributed by atoms with Crippen molar-refractivity contribution in [3.05, 3.63) is 0 Å². The molecule has 0 aliphatic carbocycles. The first-order valence-electron chi connectivity index (χ1n) is 6.77. The van der Waals surface area contributed by atoms with Gasteiger partial charge in [0, 0.05) is 25.8 Å². The van der Waals surface area contributed by atoms with Gasteiger partial charge in [-0.2, -0.15) is 0 Å². The van der Waals surface area contributed by atoms with Gasteiger partial charge in [0.2, 0.25) is 0 Å². The molecule has 2 amide bonds. The summed E-state index contributed by atoms with van der Waals surface area (Å²) in [6, 6.07) is 0.171. The lowest BCUT2D eigenvalue weighted by Crippen LogP contribution is -2.54. The predicted molar refractivity (Wildman–Crippen MR) is 66.6 cm³/mol. The van der Waals surface area contributed by atoms with Gasteiger partial charge in [0.15, 0.2) is 0 Å². The summed E-state index contributed by atoms with van der Waals surface area (Å²) in [4.78, 5) is 24.8. The highest BCUT2D eigenvalue weighted by Crippen LogP contribution is 2.31. The summed E-state index contributed by atoms with van der Waals surface area (Å²) in [5.74, 6) is -0.446. The Balaban J connectivity index is 2.09. The summed E-state index contributed by atoms with van der Waals surface area (Å²) in [5.41, 5.74) is 5.15. The van der Waals surface area contributed by atoms with Crippen LogP contribution in [0.4, 0.5) is 0 Å². The van der Waals surface area contributed by atoms with E-state index in [-0.39, 0.29) is 6.04 Å². The van der Waals surface area contributed by atoms with Gasteiger partial charge < -0.3 is 15.4 Å². The molecule has 0 aromatic carbocycles. The van der Waals surface area contributed by atoms with Crippen LogP contribution in [0.15, 0.2) is 0 Å². The lowest BCUT2D eigenvalue weighted by molar-refractivity contribution is -0.149. The molecule has 0 aromatic heterocycles. The van der Waals surface area contributed by atoms with Crippen molar-refractivity contribution in [1.29, 1.82) is 0 Å². The van der Waals surface area contributed by atoms with Crippen molar-refractivity contribution in [2.24, 2.45) is 17.6 Å². The molecule has 2 aliphatic rings. The molecule has 5 nitrogen and oxygen atoms in total. The normalized spacial score (nSPS) is 30.2. The van der Waals surface area contributed by atoms with Crippen LogP contribution in [-0.4, -0.2) is 42.5 Å². The first-order chi connectivity index (χ1) is 8.59. The number of hydrogen-bond donors (Lipinski definition) is 1. The van der Waals surface area contributed by atoms with Crippen LogP contribution >= 0.6 is 0 Å². The Kier molecular flexibility index (Phi) is 4.22. The van der Waals surface area contributed by atoms with Gasteiger partial charge in [-0.05, 0) is 37.5 Å². The zero-order valence-electron chi connectivity index (χ0n) is 10.9. The van der Waals surface area contributed by atoms with E-state index < -0.39 is 11.8 Å². The Hall–Kier alpha value is -1.10. The molecule has 2 heterocycles. The molecule has 0 aromatic rings. The maximum Gasteiger partial charge on any atom is 0.311 e. The van der Waals surface area contributed by atoms with Gasteiger partial charge in [-0.1, -0.05) is 6.92 Å². The van der Waals surface area contributed by atoms with Crippen molar-refractivity contribution >= 4 is 11.8 Å². The number of hydrogen-bond acceptors (Lipinski definition) is 3. The van der Waals surface area contributed by atoms with E-state index in [0.29, 0.717) is 18.4 Å². The fourth-order valence-electron chi connectivity index (χ4n) is 3.14. The van der Waals surface area contributed by atoms with Gasteiger partial charge in [-0.3, -0.25) is 9.59 Å². The molecule has 2 rings (SSSR count). The summed E-state index contributed by atoms with van der Waals surface area (Å²) in [7, 11) is 0. The smallest absolute Gasteiger partial charge is 0.311 e. The largest absolute Gasteiger partial charge is 0.381 e. The third-order valence-electron chi connectivity index (χ3n) is 4.15. The average molecular weight is 254 g/mol. The molecule has 5 heteroatoms. The van der Waals surface area contributed by atoms with Crippen molar-refractivity contribution in [1.82, 2.24) is 4.90 Å². The molecule has 0 bridgehead atoms. The maximum absolute atomic E-state index is 11.9. The number of rotatable bonds is 1. The van der Waals surface area contributed by atoms with Gasteiger partial charge >= 0.3 is 11.8 Å². The third kappa shape index (κ3) is 2.83. The Morgan fingerprint density at radius 2 is 1.83 bits per heavy atom. The van der Waals surface area contributed by atoms with Crippen molar-refractivity contribution in [3.8, 4) is 0 Å². The monoisotopic (exact) mass is 254 g/mol. The average Bonchev–Trinajstić information content (AvgIpc) is 2.38. The van der Waals surface area contributed by atoms with E-state index in [1.165, 1.54) is 0 Å². The zero-order chi connectivity index (χ0) is 13.1. The minimum atomic E-state index is -0.832. The highest BCUT2D eigenvalue weighted by molar-refractivity contribution is 6.34. The number of carbonyl (C=O) groups is 2. The molecule has 18 heavy (non-hydrogen) atoms. The van der Waals surface area contributed by atoms with Crippen molar-refractivity contribution in [2.45, 2.75) is 38.6 Å². The van der Waals surface area contributed by atoms with Crippen LogP contribution in [0, 0.1) is 11.8 Å². The van der Waals surface area contributed by atoms with E-state index in [9.17, 15) is 9.59 Å². The second-order valence-electron chi connectivity index (χ2n) is 5.52. The first kappa shape index (κ1) is 13.3. The molecule has 2 saturated heterocycles. The molecule has 102 valence electrons. The number of amides is 2. The Morgan fingerprint density at radius 1 is 1.17 bits per heavy atom. The number of carbonyl (C=O) groups excluding carboxylic acids is 2. The summed E-state index contributed by atoms with van der Waals surface area (Å²) in [5, 5.41) is 0. The first-order valence-corrected chi connectivity index (χ1v) is 6.77. The van der Waals surface area contributed by atoms with Crippen molar-refractivity contribution in [2.75, 3.05) is 19.8 Å². The Morgan fingerprint density at radius 3 is 2.44 bits per heavy atom. The molecular formula is C13H22N2O3. The molecule has 0 saturated carbocycles. The van der Waals surface area contributed by atoms with E-state index in [1.54, 1.807) is 4.90 Å². The lowest BCUT2D eigenvalue weighted by Gasteiger charge is -2.43. The van der Waals surface area contributed by atoms with Crippen LogP contribution in [0.5, 0.6) is 0 Å². The minimum Gasteiger partial charge on any atom is -0.381 e.